The number of carbonyl (C=O) groups is 1. The van der Waals surface area contributed by atoms with E-state index < -0.39 is 0 Å². The zero-order valence-electron chi connectivity index (χ0n) is 16.8. The van der Waals surface area contributed by atoms with Crippen molar-refractivity contribution >= 4 is 44.8 Å². The maximum absolute atomic E-state index is 12.4. The zero-order chi connectivity index (χ0) is 21.7. The number of amidine groups is 1. The Bertz CT molecular complexity index is 1080. The fourth-order valence-corrected chi connectivity index (χ4v) is 4.20. The Hall–Kier alpha value is -2.76. The summed E-state index contributed by atoms with van der Waals surface area (Å²) in [6, 6.07) is 13.1. The predicted octanol–water partition coefficient (Wildman–Crippen LogP) is 4.83. The monoisotopic (exact) mass is 485 g/mol. The highest BCUT2D eigenvalue weighted by molar-refractivity contribution is 9.10. The molecule has 2 aromatic carbocycles. The van der Waals surface area contributed by atoms with Gasteiger partial charge < -0.3 is 9.47 Å². The number of rotatable bonds is 6. The van der Waals surface area contributed by atoms with Crippen LogP contribution >= 0.6 is 27.7 Å². The molecular formula is C22H20BrN3O3S. The lowest BCUT2D eigenvalue weighted by molar-refractivity contribution is -0.121. The third-order valence-corrected chi connectivity index (χ3v) is 6.20. The summed E-state index contributed by atoms with van der Waals surface area (Å²) in [7, 11) is 3.37. The van der Waals surface area contributed by atoms with Crippen molar-refractivity contribution in [2.24, 2.45) is 4.99 Å². The van der Waals surface area contributed by atoms with Gasteiger partial charge in [0.1, 0.15) is 6.61 Å². The molecule has 1 aliphatic heterocycles. The Morgan fingerprint density at radius 3 is 2.67 bits per heavy atom. The summed E-state index contributed by atoms with van der Waals surface area (Å²) in [5, 5.41) is 9.92. The zero-order valence-corrected chi connectivity index (χ0v) is 19.2. The molecule has 0 spiro atoms. The van der Waals surface area contributed by atoms with Crippen LogP contribution in [0.15, 0.2) is 50.8 Å². The molecule has 1 amide bonds. The quantitative estimate of drug-likeness (QED) is 0.547. The van der Waals surface area contributed by atoms with Crippen LogP contribution in [0.2, 0.25) is 0 Å². The molecule has 0 radical (unpaired) electrons. The molecule has 0 aliphatic carbocycles. The molecule has 0 N–H and O–H groups in total. The van der Waals surface area contributed by atoms with Crippen molar-refractivity contribution in [2.75, 3.05) is 20.7 Å². The number of halogens is 1. The van der Waals surface area contributed by atoms with Crippen LogP contribution in [-0.2, 0) is 11.4 Å². The normalized spacial score (nSPS) is 16.2. The second-order valence-electron chi connectivity index (χ2n) is 6.29. The number of nitrogens with zero attached hydrogens (tertiary/aromatic N) is 3. The first-order valence-corrected chi connectivity index (χ1v) is 10.8. The molecule has 1 aliphatic rings. The Kier molecular flexibility index (Phi) is 7.19. The number of amides is 1. The molecule has 2 aromatic rings. The third kappa shape index (κ3) is 4.69. The first kappa shape index (κ1) is 21.9. The van der Waals surface area contributed by atoms with Crippen molar-refractivity contribution in [3.63, 3.8) is 0 Å². The average molecular weight is 486 g/mol. The molecule has 8 heteroatoms. The summed E-state index contributed by atoms with van der Waals surface area (Å²) in [5.74, 6) is 1.02. The smallest absolute Gasteiger partial charge is 0.266 e. The summed E-state index contributed by atoms with van der Waals surface area (Å²) in [5.41, 5.74) is 2.17. The molecule has 0 saturated carbocycles. The standard InChI is InChI=1S/C22H20BrN3O3S/c1-4-28-18-9-16(10-20-21(27)26(3)22(25-2)30-20)17(23)11-19(18)29-13-15-8-6-5-7-14(15)12-24/h5-11H,4,13H2,1-3H3/b20-10+,25-22?. The Labute approximate surface area is 188 Å². The lowest BCUT2D eigenvalue weighted by atomic mass is 10.1. The van der Waals surface area contributed by atoms with Crippen LogP contribution in [0.5, 0.6) is 11.5 Å². The van der Waals surface area contributed by atoms with Gasteiger partial charge in [0, 0.05) is 24.1 Å². The molecule has 0 bridgehead atoms. The van der Waals surface area contributed by atoms with E-state index >= 15 is 0 Å². The fourth-order valence-electron chi connectivity index (χ4n) is 2.84. The Balaban J connectivity index is 1.90. The number of carbonyl (C=O) groups excluding carboxylic acids is 1. The Morgan fingerprint density at radius 2 is 2.00 bits per heavy atom. The van der Waals surface area contributed by atoms with E-state index in [0.29, 0.717) is 33.7 Å². The van der Waals surface area contributed by atoms with Crippen LogP contribution in [0, 0.1) is 11.3 Å². The summed E-state index contributed by atoms with van der Waals surface area (Å²) in [6.45, 7) is 2.60. The molecule has 0 unspecified atom stereocenters. The van der Waals surface area contributed by atoms with Crippen molar-refractivity contribution in [2.45, 2.75) is 13.5 Å². The first-order chi connectivity index (χ1) is 14.5. The minimum Gasteiger partial charge on any atom is -0.490 e. The third-order valence-electron chi connectivity index (χ3n) is 4.37. The topological polar surface area (TPSA) is 74.9 Å². The van der Waals surface area contributed by atoms with Crippen molar-refractivity contribution in [3.8, 4) is 17.6 Å². The average Bonchev–Trinajstić information content (AvgIpc) is 3.03. The van der Waals surface area contributed by atoms with Crippen molar-refractivity contribution in [3.05, 3.63) is 62.5 Å². The lowest BCUT2D eigenvalue weighted by Gasteiger charge is -2.14. The molecule has 1 fully saturated rings. The van der Waals surface area contributed by atoms with Gasteiger partial charge in [-0.25, -0.2) is 0 Å². The number of ether oxygens (including phenoxy) is 2. The van der Waals surface area contributed by atoms with E-state index in [9.17, 15) is 10.1 Å². The number of nitriles is 1. The first-order valence-electron chi connectivity index (χ1n) is 9.20. The maximum Gasteiger partial charge on any atom is 0.266 e. The molecule has 30 heavy (non-hydrogen) atoms. The van der Waals surface area contributed by atoms with E-state index in [-0.39, 0.29) is 12.5 Å². The number of likely N-dealkylation sites (N-methyl/N-ethyl adjacent to an activating group) is 1. The van der Waals surface area contributed by atoms with E-state index in [1.165, 1.54) is 16.7 Å². The second kappa shape index (κ2) is 9.83. The van der Waals surface area contributed by atoms with E-state index in [1.807, 2.05) is 43.3 Å². The van der Waals surface area contributed by atoms with Crippen molar-refractivity contribution < 1.29 is 14.3 Å². The van der Waals surface area contributed by atoms with Gasteiger partial charge in [-0.3, -0.25) is 14.7 Å². The number of aliphatic imine (C=N–C) groups is 1. The van der Waals surface area contributed by atoms with Gasteiger partial charge in [0.2, 0.25) is 0 Å². The van der Waals surface area contributed by atoms with Crippen molar-refractivity contribution in [1.29, 1.82) is 5.26 Å². The molecule has 0 aromatic heterocycles. The van der Waals surface area contributed by atoms with Gasteiger partial charge in [0.05, 0.1) is 23.1 Å². The minimum absolute atomic E-state index is 0.0982. The lowest BCUT2D eigenvalue weighted by Crippen LogP contribution is -2.23. The van der Waals surface area contributed by atoms with Crippen LogP contribution < -0.4 is 9.47 Å². The summed E-state index contributed by atoms with van der Waals surface area (Å²) in [6.07, 6.45) is 1.81. The van der Waals surface area contributed by atoms with Gasteiger partial charge in [-0.05, 0) is 48.5 Å². The van der Waals surface area contributed by atoms with Gasteiger partial charge in [0.15, 0.2) is 16.7 Å². The number of thioether (sulfide) groups is 1. The number of benzene rings is 2. The highest BCUT2D eigenvalue weighted by Crippen LogP contribution is 2.38. The van der Waals surface area contributed by atoms with E-state index in [0.717, 1.165) is 15.6 Å². The van der Waals surface area contributed by atoms with Gasteiger partial charge in [0.25, 0.3) is 5.91 Å². The van der Waals surface area contributed by atoms with Crippen LogP contribution in [0.1, 0.15) is 23.6 Å². The van der Waals surface area contributed by atoms with Crippen LogP contribution in [0.25, 0.3) is 6.08 Å². The SMILES string of the molecule is CCOc1cc(/C=C2/SC(=NC)N(C)C2=O)c(Br)cc1OCc1ccccc1C#N. The van der Waals surface area contributed by atoms with E-state index in [4.69, 9.17) is 9.47 Å². The minimum atomic E-state index is -0.0982. The van der Waals surface area contributed by atoms with Crippen molar-refractivity contribution in [1.82, 2.24) is 4.90 Å². The molecule has 6 nitrogen and oxygen atoms in total. The summed E-state index contributed by atoms with van der Waals surface area (Å²) in [4.78, 5) is 18.7. The van der Waals surface area contributed by atoms with Crippen LogP contribution in [0.4, 0.5) is 0 Å². The number of hydrogen-bond acceptors (Lipinski definition) is 6. The van der Waals surface area contributed by atoms with Gasteiger partial charge in [-0.15, -0.1) is 0 Å². The highest BCUT2D eigenvalue weighted by atomic mass is 79.9. The van der Waals surface area contributed by atoms with Gasteiger partial charge in [-0.1, -0.05) is 34.1 Å². The van der Waals surface area contributed by atoms with Crippen LogP contribution in [-0.4, -0.2) is 36.7 Å². The molecular weight excluding hydrogens is 466 g/mol. The second-order valence-corrected chi connectivity index (χ2v) is 8.16. The van der Waals surface area contributed by atoms with Crippen LogP contribution in [0.3, 0.4) is 0 Å². The predicted molar refractivity (Wildman–Crippen MR) is 122 cm³/mol. The molecule has 154 valence electrons. The molecule has 1 heterocycles. The number of hydrogen-bond donors (Lipinski definition) is 0. The van der Waals surface area contributed by atoms with Gasteiger partial charge >= 0.3 is 0 Å². The highest BCUT2D eigenvalue weighted by Gasteiger charge is 2.30. The molecule has 0 atom stereocenters. The summed E-state index contributed by atoms with van der Waals surface area (Å²) >= 11 is 4.89. The largest absolute Gasteiger partial charge is 0.490 e. The molecule has 3 rings (SSSR count). The van der Waals surface area contributed by atoms with E-state index in [2.05, 4.69) is 27.0 Å². The van der Waals surface area contributed by atoms with Gasteiger partial charge in [-0.2, -0.15) is 5.26 Å². The summed E-state index contributed by atoms with van der Waals surface area (Å²) < 4.78 is 12.5. The Morgan fingerprint density at radius 1 is 1.27 bits per heavy atom. The van der Waals surface area contributed by atoms with E-state index in [1.54, 1.807) is 20.2 Å². The fraction of sp³-hybridized carbons (Fsp3) is 0.227. The molecule has 1 saturated heterocycles. The maximum atomic E-state index is 12.4.